The number of rotatable bonds is 5. The van der Waals surface area contributed by atoms with E-state index in [1.54, 1.807) is 6.07 Å². The molecule has 0 radical (unpaired) electrons. The molecule has 0 fully saturated rings. The van der Waals surface area contributed by atoms with E-state index in [0.717, 1.165) is 42.3 Å². The summed E-state index contributed by atoms with van der Waals surface area (Å²) in [6, 6.07) is 16.9. The van der Waals surface area contributed by atoms with Crippen LogP contribution in [0.1, 0.15) is 43.3 Å². The number of benzene rings is 1. The standard InChI is InChI=1S/C25H26FN5/c1-25(2)14-22(28-16-20-9-6-12-30(20)24-10-3-4-11-27-24)21-17-29-31(23(21)15-25)19-8-5-7-18(26)13-19/h3-13,17,22,28H,14-16H2,1-2H3/t22-/m1/s1. The normalized spacial score (nSPS) is 17.5. The third-order valence-corrected chi connectivity index (χ3v) is 5.99. The first-order valence-corrected chi connectivity index (χ1v) is 10.6. The Morgan fingerprint density at radius 1 is 1.13 bits per heavy atom. The van der Waals surface area contributed by atoms with Gasteiger partial charge in [-0.3, -0.25) is 0 Å². The van der Waals surface area contributed by atoms with Gasteiger partial charge in [-0.15, -0.1) is 0 Å². The van der Waals surface area contributed by atoms with Gasteiger partial charge in [-0.2, -0.15) is 5.10 Å². The average molecular weight is 416 g/mol. The SMILES string of the molecule is CC1(C)Cc2c(cnn2-c2cccc(F)c2)[C@H](NCc2cccn2-c2ccccn2)C1. The monoisotopic (exact) mass is 415 g/mol. The van der Waals surface area contributed by atoms with Crippen molar-refractivity contribution in [2.45, 2.75) is 39.3 Å². The molecule has 0 spiro atoms. The molecule has 5 nitrogen and oxygen atoms in total. The lowest BCUT2D eigenvalue weighted by Gasteiger charge is -2.36. The summed E-state index contributed by atoms with van der Waals surface area (Å²) in [6.45, 7) is 5.28. The molecule has 6 heteroatoms. The molecule has 0 aliphatic heterocycles. The van der Waals surface area contributed by atoms with Crippen LogP contribution in [-0.2, 0) is 13.0 Å². The van der Waals surface area contributed by atoms with Gasteiger partial charge in [0.1, 0.15) is 11.6 Å². The quantitative estimate of drug-likeness (QED) is 0.499. The van der Waals surface area contributed by atoms with Crippen molar-refractivity contribution in [3.05, 3.63) is 96.0 Å². The van der Waals surface area contributed by atoms with E-state index >= 15 is 0 Å². The van der Waals surface area contributed by atoms with Crippen LogP contribution >= 0.6 is 0 Å². The second kappa shape index (κ2) is 7.78. The van der Waals surface area contributed by atoms with Crippen LogP contribution < -0.4 is 5.32 Å². The Kier molecular flexibility index (Phi) is 4.94. The van der Waals surface area contributed by atoms with E-state index < -0.39 is 0 Å². The van der Waals surface area contributed by atoms with Crippen molar-refractivity contribution in [1.29, 1.82) is 0 Å². The Hall–Kier alpha value is -3.25. The number of nitrogens with one attached hydrogen (secondary N) is 1. The van der Waals surface area contributed by atoms with Crippen molar-refractivity contribution in [3.63, 3.8) is 0 Å². The third-order valence-electron chi connectivity index (χ3n) is 5.99. The van der Waals surface area contributed by atoms with Gasteiger partial charge in [0, 0.05) is 41.9 Å². The molecule has 1 aliphatic rings. The van der Waals surface area contributed by atoms with Gasteiger partial charge < -0.3 is 9.88 Å². The highest BCUT2D eigenvalue weighted by Crippen LogP contribution is 2.41. The molecular formula is C25H26FN5. The summed E-state index contributed by atoms with van der Waals surface area (Å²) in [7, 11) is 0. The van der Waals surface area contributed by atoms with Crippen molar-refractivity contribution in [1.82, 2.24) is 24.6 Å². The molecule has 0 saturated carbocycles. The summed E-state index contributed by atoms with van der Waals surface area (Å²) in [4.78, 5) is 4.47. The Bertz CT molecular complexity index is 1190. The molecule has 1 atom stereocenters. The topological polar surface area (TPSA) is 47.7 Å². The van der Waals surface area contributed by atoms with E-state index in [0.29, 0.717) is 0 Å². The van der Waals surface area contributed by atoms with Gasteiger partial charge in [0.25, 0.3) is 0 Å². The predicted molar refractivity (Wildman–Crippen MR) is 119 cm³/mol. The van der Waals surface area contributed by atoms with Crippen molar-refractivity contribution < 1.29 is 4.39 Å². The van der Waals surface area contributed by atoms with Gasteiger partial charge in [-0.05, 0) is 60.7 Å². The van der Waals surface area contributed by atoms with E-state index in [1.165, 1.54) is 17.7 Å². The molecule has 1 N–H and O–H groups in total. The fourth-order valence-electron chi connectivity index (χ4n) is 4.56. The highest BCUT2D eigenvalue weighted by molar-refractivity contribution is 5.38. The minimum absolute atomic E-state index is 0.110. The van der Waals surface area contributed by atoms with Gasteiger partial charge in [0.15, 0.2) is 0 Å². The molecule has 3 heterocycles. The predicted octanol–water partition coefficient (Wildman–Crippen LogP) is 5.00. The zero-order chi connectivity index (χ0) is 21.4. The second-order valence-electron chi connectivity index (χ2n) is 8.97. The van der Waals surface area contributed by atoms with Crippen LogP contribution in [0.4, 0.5) is 4.39 Å². The molecule has 31 heavy (non-hydrogen) atoms. The number of nitrogens with zero attached hydrogens (tertiary/aromatic N) is 4. The molecule has 3 aromatic heterocycles. The summed E-state index contributed by atoms with van der Waals surface area (Å²) in [5, 5.41) is 8.38. The maximum atomic E-state index is 13.8. The van der Waals surface area contributed by atoms with Crippen LogP contribution in [0.15, 0.2) is 73.2 Å². The highest BCUT2D eigenvalue weighted by atomic mass is 19.1. The average Bonchev–Trinajstić information content (AvgIpc) is 3.39. The van der Waals surface area contributed by atoms with Crippen LogP contribution in [0.2, 0.25) is 0 Å². The van der Waals surface area contributed by atoms with Crippen molar-refractivity contribution in [3.8, 4) is 11.5 Å². The highest BCUT2D eigenvalue weighted by Gasteiger charge is 2.35. The molecule has 1 aromatic carbocycles. The lowest BCUT2D eigenvalue weighted by atomic mass is 9.74. The molecule has 158 valence electrons. The van der Waals surface area contributed by atoms with E-state index in [4.69, 9.17) is 0 Å². The Balaban J connectivity index is 1.43. The first-order chi connectivity index (χ1) is 15.0. The second-order valence-corrected chi connectivity index (χ2v) is 8.97. The first-order valence-electron chi connectivity index (χ1n) is 10.6. The minimum atomic E-state index is -0.248. The molecule has 5 rings (SSSR count). The molecule has 0 saturated heterocycles. The lowest BCUT2D eigenvalue weighted by Crippen LogP contribution is -2.34. The summed E-state index contributed by atoms with van der Waals surface area (Å²) >= 11 is 0. The molecule has 1 aliphatic carbocycles. The van der Waals surface area contributed by atoms with Gasteiger partial charge >= 0.3 is 0 Å². The smallest absolute Gasteiger partial charge is 0.136 e. The minimum Gasteiger partial charge on any atom is -0.304 e. The summed E-state index contributed by atoms with van der Waals surface area (Å²) < 4.78 is 17.8. The number of fused-ring (bicyclic) bond motifs is 1. The summed E-state index contributed by atoms with van der Waals surface area (Å²) in [6.07, 6.45) is 7.70. The number of halogens is 1. The number of hydrogen-bond donors (Lipinski definition) is 1. The number of hydrogen-bond acceptors (Lipinski definition) is 3. The van der Waals surface area contributed by atoms with Crippen molar-refractivity contribution in [2.24, 2.45) is 5.41 Å². The van der Waals surface area contributed by atoms with Crippen LogP contribution in [0, 0.1) is 11.2 Å². The summed E-state index contributed by atoms with van der Waals surface area (Å²) in [5.41, 5.74) is 4.38. The summed E-state index contributed by atoms with van der Waals surface area (Å²) in [5.74, 6) is 0.662. The number of aromatic nitrogens is 4. The molecular weight excluding hydrogens is 389 g/mol. The zero-order valence-corrected chi connectivity index (χ0v) is 17.8. The molecule has 0 bridgehead atoms. The van der Waals surface area contributed by atoms with Crippen molar-refractivity contribution in [2.75, 3.05) is 0 Å². The molecule has 0 amide bonds. The Morgan fingerprint density at radius 3 is 2.84 bits per heavy atom. The fourth-order valence-corrected chi connectivity index (χ4v) is 4.56. The van der Waals surface area contributed by atoms with Crippen LogP contribution in [0.25, 0.3) is 11.5 Å². The number of pyridine rings is 1. The zero-order valence-electron chi connectivity index (χ0n) is 17.8. The van der Waals surface area contributed by atoms with Crippen LogP contribution in [-0.4, -0.2) is 19.3 Å². The van der Waals surface area contributed by atoms with E-state index in [9.17, 15) is 4.39 Å². The molecule has 4 aromatic rings. The maximum absolute atomic E-state index is 13.8. The van der Waals surface area contributed by atoms with E-state index in [1.807, 2.05) is 53.6 Å². The third kappa shape index (κ3) is 3.91. The fraction of sp³-hybridized carbons (Fsp3) is 0.280. The van der Waals surface area contributed by atoms with Gasteiger partial charge in [-0.1, -0.05) is 26.0 Å². The van der Waals surface area contributed by atoms with Crippen LogP contribution in [0.3, 0.4) is 0 Å². The van der Waals surface area contributed by atoms with Crippen LogP contribution in [0.5, 0.6) is 0 Å². The Labute approximate surface area is 181 Å². The lowest BCUT2D eigenvalue weighted by molar-refractivity contribution is 0.252. The van der Waals surface area contributed by atoms with Gasteiger partial charge in [-0.25, -0.2) is 14.1 Å². The van der Waals surface area contributed by atoms with Gasteiger partial charge in [0.05, 0.1) is 11.9 Å². The first kappa shape index (κ1) is 19.7. The molecule has 0 unspecified atom stereocenters. The van der Waals surface area contributed by atoms with E-state index in [2.05, 4.69) is 39.9 Å². The van der Waals surface area contributed by atoms with Crippen molar-refractivity contribution >= 4 is 0 Å². The Morgan fingerprint density at radius 2 is 2.03 bits per heavy atom. The van der Waals surface area contributed by atoms with E-state index in [-0.39, 0.29) is 17.3 Å². The maximum Gasteiger partial charge on any atom is 0.136 e. The largest absolute Gasteiger partial charge is 0.304 e. The van der Waals surface area contributed by atoms with Gasteiger partial charge in [0.2, 0.25) is 0 Å².